The molecule has 1 fully saturated rings. The molecule has 0 aromatic heterocycles. The zero-order valence-electron chi connectivity index (χ0n) is 19.4. The lowest BCUT2D eigenvalue weighted by atomic mass is 9.87. The molecule has 1 aliphatic rings. The Balaban J connectivity index is 1.96. The minimum atomic E-state index is -0.668. The minimum Gasteiger partial charge on any atom is -0.465 e. The first kappa shape index (κ1) is 25.5. The van der Waals surface area contributed by atoms with E-state index in [4.69, 9.17) is 14.2 Å². The van der Waals surface area contributed by atoms with Crippen LogP contribution < -0.4 is 10.6 Å². The molecular formula is C23H35N3O6. The molecule has 0 atom stereocenters. The number of nitrogens with zero attached hydrogens (tertiary/aromatic N) is 1. The summed E-state index contributed by atoms with van der Waals surface area (Å²) < 4.78 is 15.8. The summed E-state index contributed by atoms with van der Waals surface area (Å²) in [6.45, 7) is 8.87. The number of likely N-dealkylation sites (tertiary alicyclic amines) is 1. The lowest BCUT2D eigenvalue weighted by Crippen LogP contribution is -2.61. The van der Waals surface area contributed by atoms with E-state index in [1.54, 1.807) is 11.8 Å². The van der Waals surface area contributed by atoms with Crippen LogP contribution in [0.4, 0.5) is 9.59 Å². The molecular weight excluding hydrogens is 414 g/mol. The number of nitrogens with one attached hydrogen (secondary N) is 2. The van der Waals surface area contributed by atoms with Gasteiger partial charge in [0.15, 0.2) is 0 Å². The molecule has 0 spiro atoms. The van der Waals surface area contributed by atoms with Gasteiger partial charge in [0.2, 0.25) is 0 Å². The average molecular weight is 450 g/mol. The molecule has 178 valence electrons. The number of alkyl carbamates (subject to hydrolysis) is 1. The minimum absolute atomic E-state index is 0.0338. The van der Waals surface area contributed by atoms with E-state index in [1.165, 1.54) is 0 Å². The maximum atomic E-state index is 12.5. The fourth-order valence-corrected chi connectivity index (χ4v) is 3.38. The molecule has 0 bridgehead atoms. The zero-order valence-corrected chi connectivity index (χ0v) is 19.4. The first-order valence-corrected chi connectivity index (χ1v) is 11.0. The zero-order chi connectivity index (χ0) is 23.6. The lowest BCUT2D eigenvalue weighted by molar-refractivity contribution is -0.142. The van der Waals surface area contributed by atoms with Gasteiger partial charge >= 0.3 is 18.2 Å². The van der Waals surface area contributed by atoms with Crippen molar-refractivity contribution in [3.8, 4) is 0 Å². The molecule has 32 heavy (non-hydrogen) atoms. The van der Waals surface area contributed by atoms with E-state index in [9.17, 15) is 14.4 Å². The lowest BCUT2D eigenvalue weighted by Gasteiger charge is -2.42. The van der Waals surface area contributed by atoms with Gasteiger partial charge in [0.25, 0.3) is 0 Å². The van der Waals surface area contributed by atoms with Gasteiger partial charge in [0, 0.05) is 19.6 Å². The summed E-state index contributed by atoms with van der Waals surface area (Å²) in [5.74, 6) is -0.361. The number of amides is 2. The molecule has 0 saturated carbocycles. The van der Waals surface area contributed by atoms with Gasteiger partial charge in [-0.25, -0.2) is 9.59 Å². The summed E-state index contributed by atoms with van der Waals surface area (Å²) >= 11 is 0. The maximum Gasteiger partial charge on any atom is 0.410 e. The van der Waals surface area contributed by atoms with Crippen LogP contribution in [-0.2, 0) is 25.6 Å². The summed E-state index contributed by atoms with van der Waals surface area (Å²) in [5, 5.41) is 6.02. The second-order valence-electron chi connectivity index (χ2n) is 8.84. The van der Waals surface area contributed by atoms with Crippen LogP contribution >= 0.6 is 0 Å². The average Bonchev–Trinajstić information content (AvgIpc) is 2.72. The van der Waals surface area contributed by atoms with Crippen molar-refractivity contribution >= 4 is 18.2 Å². The van der Waals surface area contributed by atoms with Crippen molar-refractivity contribution in [3.63, 3.8) is 0 Å². The maximum absolute atomic E-state index is 12.5. The van der Waals surface area contributed by atoms with E-state index in [2.05, 4.69) is 10.6 Å². The number of piperidine rings is 1. The molecule has 2 rings (SSSR count). The summed E-state index contributed by atoms with van der Waals surface area (Å²) in [7, 11) is 0. The molecule has 1 saturated heterocycles. The van der Waals surface area contributed by atoms with Crippen LogP contribution in [0.3, 0.4) is 0 Å². The van der Waals surface area contributed by atoms with E-state index in [0.717, 1.165) is 5.56 Å². The summed E-state index contributed by atoms with van der Waals surface area (Å²) in [6, 6.07) is 9.41. The number of esters is 1. The molecule has 2 amide bonds. The van der Waals surface area contributed by atoms with Crippen molar-refractivity contribution < 1.29 is 28.6 Å². The van der Waals surface area contributed by atoms with Gasteiger partial charge in [-0.1, -0.05) is 30.3 Å². The van der Waals surface area contributed by atoms with Crippen LogP contribution in [-0.4, -0.2) is 67.0 Å². The first-order valence-electron chi connectivity index (χ1n) is 11.0. The predicted octanol–water partition coefficient (Wildman–Crippen LogP) is 2.84. The highest BCUT2D eigenvalue weighted by Gasteiger charge is 2.38. The van der Waals surface area contributed by atoms with Crippen LogP contribution in [0.1, 0.15) is 46.1 Å². The van der Waals surface area contributed by atoms with Gasteiger partial charge < -0.3 is 29.7 Å². The van der Waals surface area contributed by atoms with Gasteiger partial charge in [-0.3, -0.25) is 4.79 Å². The number of benzene rings is 1. The molecule has 0 unspecified atom stereocenters. The molecule has 1 aromatic rings. The van der Waals surface area contributed by atoms with Crippen molar-refractivity contribution in [2.75, 3.05) is 32.8 Å². The normalized spacial score (nSPS) is 15.6. The predicted molar refractivity (Wildman–Crippen MR) is 119 cm³/mol. The van der Waals surface area contributed by atoms with E-state index in [1.807, 2.05) is 51.1 Å². The van der Waals surface area contributed by atoms with Crippen molar-refractivity contribution in [2.45, 2.75) is 58.3 Å². The molecule has 1 aliphatic heterocycles. The van der Waals surface area contributed by atoms with Gasteiger partial charge in [-0.05, 0) is 46.1 Å². The second kappa shape index (κ2) is 11.7. The Hall–Kier alpha value is -2.81. The van der Waals surface area contributed by atoms with Crippen LogP contribution in [0.5, 0.6) is 0 Å². The van der Waals surface area contributed by atoms with Crippen LogP contribution in [0.25, 0.3) is 0 Å². The molecule has 0 aliphatic carbocycles. The third-order valence-electron chi connectivity index (χ3n) is 4.99. The highest BCUT2D eigenvalue weighted by Crippen LogP contribution is 2.24. The standard InChI is InChI=1S/C23H35N3O6/c1-5-30-19(27)15-24-17-23(25-20(28)31-16-18-9-7-6-8-10-18)11-13-26(14-12-23)21(29)32-22(2,3)4/h6-10,24H,5,11-17H2,1-4H3,(H,25,28). The Morgan fingerprint density at radius 1 is 1.06 bits per heavy atom. The first-order chi connectivity index (χ1) is 15.1. The Morgan fingerprint density at radius 2 is 1.72 bits per heavy atom. The highest BCUT2D eigenvalue weighted by atomic mass is 16.6. The van der Waals surface area contributed by atoms with E-state index >= 15 is 0 Å². The number of hydrogen-bond acceptors (Lipinski definition) is 7. The van der Waals surface area contributed by atoms with Crippen LogP contribution in [0, 0.1) is 0 Å². The third kappa shape index (κ3) is 8.74. The largest absolute Gasteiger partial charge is 0.465 e. The highest BCUT2D eigenvalue weighted by molar-refractivity contribution is 5.72. The van der Waals surface area contributed by atoms with E-state index < -0.39 is 17.2 Å². The van der Waals surface area contributed by atoms with Crippen molar-refractivity contribution in [1.29, 1.82) is 0 Å². The quantitative estimate of drug-likeness (QED) is 0.464. The van der Waals surface area contributed by atoms with E-state index in [0.29, 0.717) is 39.1 Å². The number of carbonyl (C=O) groups excluding carboxylic acids is 3. The molecule has 9 heteroatoms. The fourth-order valence-electron chi connectivity index (χ4n) is 3.38. The molecule has 9 nitrogen and oxygen atoms in total. The van der Waals surface area contributed by atoms with Crippen LogP contribution in [0.2, 0.25) is 0 Å². The van der Waals surface area contributed by atoms with Crippen molar-refractivity contribution in [3.05, 3.63) is 35.9 Å². The fraction of sp³-hybridized carbons (Fsp3) is 0.609. The van der Waals surface area contributed by atoms with Gasteiger partial charge in [0.05, 0.1) is 18.7 Å². The van der Waals surface area contributed by atoms with Crippen molar-refractivity contribution in [2.24, 2.45) is 0 Å². The van der Waals surface area contributed by atoms with Gasteiger partial charge in [-0.2, -0.15) is 0 Å². The molecule has 1 heterocycles. The topological polar surface area (TPSA) is 106 Å². The summed E-state index contributed by atoms with van der Waals surface area (Å²) in [6.07, 6.45) is 0.0557. The molecule has 2 N–H and O–H groups in total. The van der Waals surface area contributed by atoms with Gasteiger partial charge in [-0.15, -0.1) is 0 Å². The molecule has 0 radical (unpaired) electrons. The number of rotatable bonds is 8. The number of carbonyl (C=O) groups is 3. The Morgan fingerprint density at radius 3 is 2.31 bits per heavy atom. The van der Waals surface area contributed by atoms with Gasteiger partial charge in [0.1, 0.15) is 12.2 Å². The number of hydrogen-bond donors (Lipinski definition) is 2. The third-order valence-corrected chi connectivity index (χ3v) is 4.99. The summed E-state index contributed by atoms with van der Waals surface area (Å²) in [4.78, 5) is 38.2. The Labute approximate surface area is 189 Å². The second-order valence-corrected chi connectivity index (χ2v) is 8.84. The van der Waals surface area contributed by atoms with E-state index in [-0.39, 0.29) is 25.2 Å². The Kier molecular flexibility index (Phi) is 9.31. The SMILES string of the molecule is CCOC(=O)CNCC1(NC(=O)OCc2ccccc2)CCN(C(=O)OC(C)(C)C)CC1. The van der Waals surface area contributed by atoms with Crippen LogP contribution in [0.15, 0.2) is 30.3 Å². The number of ether oxygens (including phenoxy) is 3. The molecule has 1 aromatic carbocycles. The van der Waals surface area contributed by atoms with Crippen molar-refractivity contribution in [1.82, 2.24) is 15.5 Å². The monoisotopic (exact) mass is 449 g/mol. The summed E-state index contributed by atoms with van der Waals surface area (Å²) in [5.41, 5.74) is -0.359. The smallest absolute Gasteiger partial charge is 0.410 e. The Bertz CT molecular complexity index is 755.